The first-order chi connectivity index (χ1) is 17.9. The van der Waals surface area contributed by atoms with Gasteiger partial charge < -0.3 is 33.3 Å². The molecule has 1 amide bonds. The van der Waals surface area contributed by atoms with E-state index in [0.717, 1.165) is 11.1 Å². The topological polar surface area (TPSA) is 75.7 Å². The van der Waals surface area contributed by atoms with Gasteiger partial charge in [0.2, 0.25) is 5.75 Å². The number of ether oxygens (including phenoxy) is 6. The number of amides is 1. The van der Waals surface area contributed by atoms with Gasteiger partial charge in [-0.25, -0.2) is 4.39 Å². The average molecular weight is 512 g/mol. The van der Waals surface area contributed by atoms with Crippen LogP contribution in [-0.4, -0.2) is 59.5 Å². The van der Waals surface area contributed by atoms with Crippen molar-refractivity contribution >= 4 is 5.91 Å². The molecule has 3 aromatic rings. The summed E-state index contributed by atoms with van der Waals surface area (Å²) in [6.07, 6.45) is 0.610. The summed E-state index contributed by atoms with van der Waals surface area (Å²) >= 11 is 0. The van der Waals surface area contributed by atoms with E-state index < -0.39 is 6.04 Å². The zero-order chi connectivity index (χ0) is 26.5. The number of fused-ring (bicyclic) bond motifs is 1. The largest absolute Gasteiger partial charge is 0.493 e. The molecule has 1 heterocycles. The predicted molar refractivity (Wildman–Crippen MR) is 135 cm³/mol. The van der Waals surface area contributed by atoms with Crippen molar-refractivity contribution in [3.8, 4) is 34.5 Å². The summed E-state index contributed by atoms with van der Waals surface area (Å²) in [6, 6.07) is 12.4. The highest BCUT2D eigenvalue weighted by Crippen LogP contribution is 2.41. The van der Waals surface area contributed by atoms with Crippen molar-refractivity contribution in [2.24, 2.45) is 0 Å². The Labute approximate surface area is 215 Å². The van der Waals surface area contributed by atoms with Crippen molar-refractivity contribution in [2.75, 3.05) is 48.7 Å². The van der Waals surface area contributed by atoms with Gasteiger partial charge in [-0.1, -0.05) is 0 Å². The Morgan fingerprint density at radius 1 is 0.838 bits per heavy atom. The standard InChI is InChI=1S/C28H30FNO7/c1-32-23-12-17-10-11-30(28(31)18-13-25(34-3)27(36-5)26(14-18)35-4)22(21(17)15-24(23)33-2)16-37-20-8-6-19(29)7-9-20/h6-9,12-15,22H,10-11,16H2,1-5H3/t22-/m1/s1. The van der Waals surface area contributed by atoms with Gasteiger partial charge in [0.1, 0.15) is 18.2 Å². The van der Waals surface area contributed by atoms with Crippen LogP contribution in [0.2, 0.25) is 0 Å². The van der Waals surface area contributed by atoms with E-state index >= 15 is 0 Å². The van der Waals surface area contributed by atoms with Crippen LogP contribution >= 0.6 is 0 Å². The molecule has 0 aromatic heterocycles. The van der Waals surface area contributed by atoms with Crippen LogP contribution in [0.4, 0.5) is 4.39 Å². The lowest BCUT2D eigenvalue weighted by Crippen LogP contribution is -2.42. The summed E-state index contributed by atoms with van der Waals surface area (Å²) in [5.41, 5.74) is 2.29. The third-order valence-electron chi connectivity index (χ3n) is 6.40. The fourth-order valence-electron chi connectivity index (χ4n) is 4.53. The zero-order valence-electron chi connectivity index (χ0n) is 21.5. The molecule has 0 bridgehead atoms. The van der Waals surface area contributed by atoms with E-state index in [0.29, 0.717) is 53.0 Å². The van der Waals surface area contributed by atoms with Crippen molar-refractivity contribution in [1.82, 2.24) is 4.90 Å². The molecule has 0 saturated heterocycles. The minimum atomic E-state index is -0.458. The number of halogens is 1. The Bertz CT molecular complexity index is 1240. The van der Waals surface area contributed by atoms with Crippen LogP contribution in [0.15, 0.2) is 48.5 Å². The Balaban J connectivity index is 1.74. The minimum absolute atomic E-state index is 0.143. The molecule has 8 nitrogen and oxygen atoms in total. The average Bonchev–Trinajstić information content (AvgIpc) is 2.94. The highest BCUT2D eigenvalue weighted by molar-refractivity contribution is 5.96. The lowest BCUT2D eigenvalue weighted by atomic mass is 9.91. The molecule has 3 aromatic carbocycles. The van der Waals surface area contributed by atoms with Crippen LogP contribution in [0.5, 0.6) is 34.5 Å². The monoisotopic (exact) mass is 511 g/mol. The second-order valence-electron chi connectivity index (χ2n) is 8.35. The number of methoxy groups -OCH3 is 5. The van der Waals surface area contributed by atoms with Crippen LogP contribution < -0.4 is 28.4 Å². The van der Waals surface area contributed by atoms with Gasteiger partial charge in [-0.15, -0.1) is 0 Å². The van der Waals surface area contributed by atoms with E-state index in [9.17, 15) is 9.18 Å². The third kappa shape index (κ3) is 5.21. The van der Waals surface area contributed by atoms with Crippen LogP contribution in [0.25, 0.3) is 0 Å². The van der Waals surface area contributed by atoms with Gasteiger partial charge in [-0.3, -0.25) is 4.79 Å². The van der Waals surface area contributed by atoms with Crippen molar-refractivity contribution in [3.05, 3.63) is 71.0 Å². The van der Waals surface area contributed by atoms with Gasteiger partial charge >= 0.3 is 0 Å². The van der Waals surface area contributed by atoms with Crippen LogP contribution in [0.3, 0.4) is 0 Å². The molecule has 0 fully saturated rings. The SMILES string of the molecule is COc1cc2c(cc1OC)[C@@H](COc1ccc(F)cc1)N(C(=O)c1cc(OC)c(OC)c(OC)c1)CC2. The molecule has 1 aliphatic rings. The first kappa shape index (κ1) is 25.9. The van der Waals surface area contributed by atoms with Crippen molar-refractivity contribution in [3.63, 3.8) is 0 Å². The second kappa shape index (κ2) is 11.3. The number of nitrogens with zero attached hydrogens (tertiary/aromatic N) is 1. The van der Waals surface area contributed by atoms with Gasteiger partial charge in [-0.2, -0.15) is 0 Å². The molecule has 0 radical (unpaired) electrons. The normalized spacial score (nSPS) is 14.4. The van der Waals surface area contributed by atoms with E-state index in [2.05, 4.69) is 0 Å². The first-order valence-corrected chi connectivity index (χ1v) is 11.7. The third-order valence-corrected chi connectivity index (χ3v) is 6.40. The fraction of sp³-hybridized carbons (Fsp3) is 0.321. The summed E-state index contributed by atoms with van der Waals surface area (Å²) in [4.78, 5) is 15.7. The lowest BCUT2D eigenvalue weighted by Gasteiger charge is -2.37. The van der Waals surface area contributed by atoms with Gasteiger partial charge in [0, 0.05) is 12.1 Å². The Morgan fingerprint density at radius 2 is 1.43 bits per heavy atom. The van der Waals surface area contributed by atoms with Gasteiger partial charge in [0.05, 0.1) is 41.6 Å². The zero-order valence-corrected chi connectivity index (χ0v) is 21.5. The maximum atomic E-state index is 13.9. The molecule has 0 aliphatic carbocycles. The Kier molecular flexibility index (Phi) is 7.91. The Hall–Kier alpha value is -4.14. The van der Waals surface area contributed by atoms with Gasteiger partial charge in [0.15, 0.2) is 23.0 Å². The molecule has 0 spiro atoms. The summed E-state index contributed by atoms with van der Waals surface area (Å²) in [6.45, 7) is 0.583. The molecule has 0 saturated carbocycles. The summed E-state index contributed by atoms with van der Waals surface area (Å²) < 4.78 is 46.7. The number of benzene rings is 3. The molecule has 0 unspecified atom stereocenters. The molecule has 9 heteroatoms. The molecule has 1 aliphatic heterocycles. The van der Waals surface area contributed by atoms with Crippen molar-refractivity contribution in [2.45, 2.75) is 12.5 Å². The van der Waals surface area contributed by atoms with Crippen LogP contribution in [-0.2, 0) is 6.42 Å². The fourth-order valence-corrected chi connectivity index (χ4v) is 4.53. The molecule has 37 heavy (non-hydrogen) atoms. The number of hydrogen-bond donors (Lipinski definition) is 0. The smallest absolute Gasteiger partial charge is 0.254 e. The van der Waals surface area contributed by atoms with Gasteiger partial charge in [0.25, 0.3) is 5.91 Å². The van der Waals surface area contributed by atoms with E-state index in [4.69, 9.17) is 28.4 Å². The quantitative estimate of drug-likeness (QED) is 0.413. The summed E-state index contributed by atoms with van der Waals surface area (Å²) in [7, 11) is 7.66. The lowest BCUT2D eigenvalue weighted by molar-refractivity contribution is 0.0588. The number of carbonyl (C=O) groups is 1. The van der Waals surface area contributed by atoms with E-state index in [1.54, 1.807) is 43.4 Å². The molecule has 4 rings (SSSR count). The molecule has 196 valence electrons. The number of carbonyl (C=O) groups excluding carboxylic acids is 1. The summed E-state index contributed by atoms with van der Waals surface area (Å²) in [5, 5.41) is 0. The molecule has 0 N–H and O–H groups in total. The number of rotatable bonds is 9. The van der Waals surface area contributed by atoms with E-state index in [1.807, 2.05) is 12.1 Å². The highest BCUT2D eigenvalue weighted by atomic mass is 19.1. The van der Waals surface area contributed by atoms with E-state index in [-0.39, 0.29) is 18.3 Å². The predicted octanol–water partition coefficient (Wildman–Crippen LogP) is 4.69. The van der Waals surface area contributed by atoms with E-state index in [1.165, 1.54) is 33.5 Å². The Morgan fingerprint density at radius 3 is 2.00 bits per heavy atom. The molecular weight excluding hydrogens is 481 g/mol. The minimum Gasteiger partial charge on any atom is -0.493 e. The van der Waals surface area contributed by atoms with Crippen LogP contribution in [0.1, 0.15) is 27.5 Å². The second-order valence-corrected chi connectivity index (χ2v) is 8.35. The maximum absolute atomic E-state index is 13.9. The van der Waals surface area contributed by atoms with Crippen molar-refractivity contribution < 1.29 is 37.6 Å². The number of hydrogen-bond acceptors (Lipinski definition) is 7. The highest BCUT2D eigenvalue weighted by Gasteiger charge is 2.34. The van der Waals surface area contributed by atoms with Crippen LogP contribution in [0, 0.1) is 5.82 Å². The van der Waals surface area contributed by atoms with Crippen molar-refractivity contribution in [1.29, 1.82) is 0 Å². The van der Waals surface area contributed by atoms with Gasteiger partial charge in [-0.05, 0) is 66.1 Å². The molecular formula is C28H30FNO7. The maximum Gasteiger partial charge on any atom is 0.254 e. The molecule has 1 atom stereocenters. The summed E-state index contributed by atoms with van der Waals surface area (Å²) in [5.74, 6) is 2.24. The first-order valence-electron chi connectivity index (χ1n) is 11.7.